The van der Waals surface area contributed by atoms with Gasteiger partial charge in [-0.05, 0) is 0 Å². The first kappa shape index (κ1) is 5.53. The van der Waals surface area contributed by atoms with Crippen LogP contribution in [0.25, 0.3) is 0 Å². The fourth-order valence-corrected chi connectivity index (χ4v) is 0.572. The van der Waals surface area contributed by atoms with Crippen LogP contribution in [0.3, 0.4) is 0 Å². The van der Waals surface area contributed by atoms with Crippen molar-refractivity contribution < 1.29 is 0 Å². The number of hydrogen-bond donors (Lipinski definition) is 2. The number of rotatable bonds is 0. The van der Waals surface area contributed by atoms with Crippen molar-refractivity contribution in [3.63, 3.8) is 0 Å². The predicted octanol–water partition coefficient (Wildman–Crippen LogP) is -0.193. The van der Waals surface area contributed by atoms with Gasteiger partial charge in [-0.25, -0.2) is 8.76 Å². The molecule has 1 atom stereocenters. The van der Waals surface area contributed by atoms with Gasteiger partial charge in [-0.2, -0.15) is 0 Å². The van der Waals surface area contributed by atoms with Crippen LogP contribution in [0.4, 0.5) is 0 Å². The van der Waals surface area contributed by atoms with Gasteiger partial charge in [-0.1, -0.05) is 9.24 Å². The van der Waals surface area contributed by atoms with Crippen molar-refractivity contribution in [2.24, 2.45) is 5.10 Å². The van der Waals surface area contributed by atoms with E-state index in [0.29, 0.717) is 0 Å². The van der Waals surface area contributed by atoms with Crippen molar-refractivity contribution in [1.82, 2.24) is 14.3 Å². The highest BCUT2D eigenvalue weighted by molar-refractivity contribution is 14.1. The van der Waals surface area contributed by atoms with Crippen LogP contribution in [-0.4, -0.2) is 8.80 Å². The van der Waals surface area contributed by atoms with Gasteiger partial charge in [0.25, 0.3) is 0 Å². The molecule has 0 spiro atoms. The van der Waals surface area contributed by atoms with E-state index in [-0.39, 0.29) is 0 Å². The number of hydrazine groups is 2. The minimum Gasteiger partial charge on any atom is -0.222 e. The zero-order chi connectivity index (χ0) is 5.28. The van der Waals surface area contributed by atoms with Crippen molar-refractivity contribution in [3.05, 3.63) is 0 Å². The van der Waals surface area contributed by atoms with Crippen molar-refractivity contribution in [1.29, 1.82) is 0 Å². The lowest BCUT2D eigenvalue weighted by molar-refractivity contribution is 0.480. The highest BCUT2D eigenvalue weighted by atomic mass is 127. The quantitative estimate of drug-likeness (QED) is 0.344. The number of hydrogen-bond acceptors (Lipinski definition) is 4. The average molecular weight is 230 g/mol. The van der Waals surface area contributed by atoms with Gasteiger partial charge >= 0.3 is 0 Å². The molecule has 0 radical (unpaired) electrons. The van der Waals surface area contributed by atoms with Crippen LogP contribution in [0.2, 0.25) is 0 Å². The zero-order valence-electron chi connectivity index (χ0n) is 3.35. The monoisotopic (exact) mass is 230 g/mol. The lowest BCUT2D eigenvalue weighted by Gasteiger charge is -2.02. The Morgan fingerprint density at radius 1 is 1.86 bits per heavy atom. The minimum absolute atomic E-state index is 0.848. The van der Waals surface area contributed by atoms with Crippen LogP contribution in [-0.2, 0) is 0 Å². The highest BCUT2D eigenvalue weighted by Crippen LogP contribution is 2.04. The summed E-state index contributed by atoms with van der Waals surface area (Å²) in [7, 11) is 2.46. The third kappa shape index (κ3) is 1.14. The topological polar surface area (TPSA) is 39.7 Å². The number of halogens is 1. The zero-order valence-corrected chi connectivity index (χ0v) is 6.66. The van der Waals surface area contributed by atoms with E-state index in [9.17, 15) is 0 Å². The van der Waals surface area contributed by atoms with E-state index in [2.05, 4.69) is 48.3 Å². The summed E-state index contributed by atoms with van der Waals surface area (Å²) in [6.45, 7) is 0. The fraction of sp³-hybridized carbons (Fsp3) is 0. The Morgan fingerprint density at radius 3 is 2.71 bits per heavy atom. The van der Waals surface area contributed by atoms with E-state index < -0.39 is 0 Å². The van der Waals surface area contributed by atoms with E-state index in [0.717, 1.165) is 5.58 Å². The van der Waals surface area contributed by atoms with Crippen LogP contribution in [0.5, 0.6) is 0 Å². The number of hydrazone groups is 1. The molecule has 1 aliphatic heterocycles. The molecule has 0 amide bonds. The predicted molar refractivity (Wildman–Crippen MR) is 39.3 cm³/mol. The third-order valence-electron chi connectivity index (χ3n) is 0.520. The van der Waals surface area contributed by atoms with Gasteiger partial charge in [0.05, 0.1) is 22.9 Å². The molecule has 1 aliphatic rings. The number of amidine groups is 1. The fourth-order valence-electron chi connectivity index (χ4n) is 0.227. The normalized spacial score (nSPS) is 19.1. The summed E-state index contributed by atoms with van der Waals surface area (Å²) in [5, 5.41) is 3.75. The van der Waals surface area contributed by atoms with Gasteiger partial charge in [-0.3, -0.25) is 0 Å². The lowest BCUT2D eigenvalue weighted by atomic mass is 11.3. The Balaban J connectivity index is 2.54. The second-order valence-corrected chi connectivity index (χ2v) is 2.46. The van der Waals surface area contributed by atoms with Gasteiger partial charge in [0, 0.05) is 0 Å². The highest BCUT2D eigenvalue weighted by Gasteiger charge is 2.05. The largest absolute Gasteiger partial charge is 0.222 e. The molecular formula is CH4IN4P. The van der Waals surface area contributed by atoms with E-state index in [4.69, 9.17) is 0 Å². The first-order valence-electron chi connectivity index (χ1n) is 1.60. The Hall–Kier alpha value is 0.390. The van der Waals surface area contributed by atoms with Crippen LogP contribution >= 0.6 is 32.1 Å². The lowest BCUT2D eigenvalue weighted by Crippen LogP contribution is -2.30. The summed E-state index contributed by atoms with van der Waals surface area (Å²) in [5.41, 5.74) is 6.12. The molecule has 2 N–H and O–H groups in total. The summed E-state index contributed by atoms with van der Waals surface area (Å²) < 4.78 is 1.72. The van der Waals surface area contributed by atoms with E-state index in [1.807, 2.05) is 0 Å². The summed E-state index contributed by atoms with van der Waals surface area (Å²) in [6, 6.07) is 0. The second kappa shape index (κ2) is 2.11. The summed E-state index contributed by atoms with van der Waals surface area (Å²) in [4.78, 5) is 0. The number of nitrogens with one attached hydrogen (secondary N) is 2. The molecular weight excluding hydrogens is 226 g/mol. The van der Waals surface area contributed by atoms with Gasteiger partial charge in [0.15, 0.2) is 5.58 Å². The van der Waals surface area contributed by atoms with Crippen LogP contribution in [0.1, 0.15) is 0 Å². The molecule has 7 heavy (non-hydrogen) atoms. The average Bonchev–Trinajstić information content (AvgIpc) is 1.91. The Morgan fingerprint density at radius 2 is 2.57 bits per heavy atom. The molecule has 40 valence electrons. The molecule has 4 nitrogen and oxygen atoms in total. The molecule has 6 heteroatoms. The molecule has 0 aromatic heterocycles. The molecule has 1 rings (SSSR count). The maximum Gasteiger partial charge on any atom is 0.167 e. The van der Waals surface area contributed by atoms with Crippen molar-refractivity contribution >= 4 is 37.7 Å². The molecule has 0 saturated carbocycles. The first-order chi connectivity index (χ1) is 3.30. The van der Waals surface area contributed by atoms with Crippen molar-refractivity contribution in [3.8, 4) is 0 Å². The van der Waals surface area contributed by atoms with Gasteiger partial charge < -0.3 is 0 Å². The molecule has 0 aromatic rings. The third-order valence-corrected chi connectivity index (χ3v) is 2.17. The number of nitrogens with zero attached hydrogens (tertiary/aromatic N) is 2. The van der Waals surface area contributed by atoms with Crippen LogP contribution in [0, 0.1) is 0 Å². The Kier molecular flexibility index (Phi) is 1.66. The van der Waals surface area contributed by atoms with Gasteiger partial charge in [0.2, 0.25) is 0 Å². The summed E-state index contributed by atoms with van der Waals surface area (Å²) in [5.74, 6) is 0. The summed E-state index contributed by atoms with van der Waals surface area (Å²) >= 11 is 2.07. The summed E-state index contributed by atoms with van der Waals surface area (Å²) in [6.07, 6.45) is 0. The Labute approximate surface area is 57.3 Å². The minimum atomic E-state index is 0.848. The maximum atomic E-state index is 3.75. The van der Waals surface area contributed by atoms with Crippen LogP contribution < -0.4 is 11.1 Å². The van der Waals surface area contributed by atoms with Crippen molar-refractivity contribution in [2.75, 3.05) is 0 Å². The smallest absolute Gasteiger partial charge is 0.167 e. The van der Waals surface area contributed by atoms with E-state index >= 15 is 0 Å². The Bertz CT molecular complexity index is 102. The molecule has 1 unspecified atom stereocenters. The van der Waals surface area contributed by atoms with Gasteiger partial charge in [0.1, 0.15) is 0 Å². The molecule has 0 saturated heterocycles. The van der Waals surface area contributed by atoms with Crippen molar-refractivity contribution in [2.45, 2.75) is 0 Å². The first-order valence-corrected chi connectivity index (χ1v) is 3.14. The molecule has 0 aliphatic carbocycles. The molecule has 1 heterocycles. The molecule has 0 aromatic carbocycles. The van der Waals surface area contributed by atoms with Crippen LogP contribution in [0.15, 0.2) is 5.10 Å². The molecule has 0 fully saturated rings. The SMILES string of the molecule is PC1=NNNN1I. The standard InChI is InChI=1S/CH4IN4P/c2-6-1(7)3-4-5-6/h4-5H,7H2. The molecule has 0 bridgehead atoms. The van der Waals surface area contributed by atoms with Gasteiger partial charge in [-0.15, -0.1) is 10.6 Å². The van der Waals surface area contributed by atoms with E-state index in [1.54, 1.807) is 3.22 Å². The van der Waals surface area contributed by atoms with E-state index in [1.165, 1.54) is 0 Å². The maximum absolute atomic E-state index is 3.75. The second-order valence-electron chi connectivity index (χ2n) is 0.974.